The van der Waals surface area contributed by atoms with Gasteiger partial charge in [0.05, 0.1) is 16.4 Å². The minimum absolute atomic E-state index is 0.144. The van der Waals surface area contributed by atoms with Gasteiger partial charge in [-0.1, -0.05) is 35.9 Å². The van der Waals surface area contributed by atoms with Crippen molar-refractivity contribution in [2.45, 2.75) is 27.3 Å². The van der Waals surface area contributed by atoms with Gasteiger partial charge in [0.2, 0.25) is 0 Å². The molecule has 0 aliphatic carbocycles. The quantitative estimate of drug-likeness (QED) is 0.168. The van der Waals surface area contributed by atoms with Crippen molar-refractivity contribution in [1.82, 2.24) is 4.90 Å². The first kappa shape index (κ1) is 29.3. The third kappa shape index (κ3) is 7.31. The van der Waals surface area contributed by atoms with E-state index in [0.29, 0.717) is 11.3 Å². The number of non-ortho nitro benzene ring substituents is 1. The van der Waals surface area contributed by atoms with Crippen molar-refractivity contribution in [2.24, 2.45) is 0 Å². The van der Waals surface area contributed by atoms with E-state index in [1.165, 1.54) is 23.1 Å². The summed E-state index contributed by atoms with van der Waals surface area (Å²) < 4.78 is 5.90. The van der Waals surface area contributed by atoms with E-state index in [-0.39, 0.29) is 34.7 Å². The predicted octanol–water partition coefficient (Wildman–Crippen LogP) is 6.00. The molecule has 1 aliphatic heterocycles. The van der Waals surface area contributed by atoms with Gasteiger partial charge in [0.25, 0.3) is 22.7 Å². The molecule has 0 atom stereocenters. The SMILES string of the molecule is CCN(CC)c1ccc(/C=C2\SC(=O)N(Cc3cccc(C)c3)C2=O)c(OCC(=O)Nc2cccc([N+](=O)[O-])c2)c1. The Kier molecular flexibility index (Phi) is 9.41. The monoisotopic (exact) mass is 574 g/mol. The number of nitro groups is 1. The second-order valence-electron chi connectivity index (χ2n) is 9.30. The van der Waals surface area contributed by atoms with Crippen LogP contribution in [0.1, 0.15) is 30.5 Å². The third-order valence-electron chi connectivity index (χ3n) is 6.41. The van der Waals surface area contributed by atoms with Gasteiger partial charge in [0, 0.05) is 48.2 Å². The van der Waals surface area contributed by atoms with Crippen LogP contribution in [0.4, 0.5) is 21.9 Å². The van der Waals surface area contributed by atoms with Gasteiger partial charge in [0.1, 0.15) is 5.75 Å². The van der Waals surface area contributed by atoms with Crippen molar-refractivity contribution in [3.8, 4) is 5.75 Å². The topological polar surface area (TPSA) is 122 Å². The van der Waals surface area contributed by atoms with E-state index in [1.807, 2.05) is 51.1 Å². The maximum Gasteiger partial charge on any atom is 0.293 e. The number of nitrogens with one attached hydrogen (secondary N) is 1. The van der Waals surface area contributed by atoms with Crippen LogP contribution in [0.3, 0.4) is 0 Å². The Hall–Kier alpha value is -4.64. The Labute approximate surface area is 242 Å². The summed E-state index contributed by atoms with van der Waals surface area (Å²) in [4.78, 5) is 52.6. The Morgan fingerprint density at radius 1 is 1.07 bits per heavy atom. The van der Waals surface area contributed by atoms with Gasteiger partial charge in [-0.15, -0.1) is 0 Å². The van der Waals surface area contributed by atoms with Crippen LogP contribution in [0.15, 0.2) is 71.6 Å². The Balaban J connectivity index is 1.55. The molecule has 1 aliphatic rings. The summed E-state index contributed by atoms with van der Waals surface area (Å²) in [5, 5.41) is 13.3. The van der Waals surface area contributed by atoms with Crippen LogP contribution in [-0.2, 0) is 16.1 Å². The lowest BCUT2D eigenvalue weighted by Crippen LogP contribution is -2.27. The molecule has 1 fully saturated rings. The molecule has 4 rings (SSSR count). The summed E-state index contributed by atoms with van der Waals surface area (Å²) in [6, 6.07) is 18.7. The van der Waals surface area contributed by atoms with Crippen LogP contribution < -0.4 is 15.0 Å². The molecule has 212 valence electrons. The summed E-state index contributed by atoms with van der Waals surface area (Å²) >= 11 is 0.856. The number of hydrogen-bond acceptors (Lipinski definition) is 8. The molecule has 0 radical (unpaired) electrons. The number of aryl methyl sites for hydroxylation is 1. The molecule has 0 saturated carbocycles. The fourth-order valence-electron chi connectivity index (χ4n) is 4.36. The van der Waals surface area contributed by atoms with E-state index in [2.05, 4.69) is 10.2 Å². The second-order valence-corrected chi connectivity index (χ2v) is 10.3. The zero-order chi connectivity index (χ0) is 29.5. The number of carbonyl (C=O) groups excluding carboxylic acids is 3. The Morgan fingerprint density at radius 3 is 2.54 bits per heavy atom. The van der Waals surface area contributed by atoms with Crippen molar-refractivity contribution in [2.75, 3.05) is 29.9 Å². The fraction of sp³-hybridized carbons (Fsp3) is 0.233. The average Bonchev–Trinajstić information content (AvgIpc) is 3.21. The lowest BCUT2D eigenvalue weighted by Gasteiger charge is -2.22. The first-order valence-corrected chi connectivity index (χ1v) is 13.9. The Bertz CT molecular complexity index is 1520. The number of rotatable bonds is 11. The Morgan fingerprint density at radius 2 is 1.83 bits per heavy atom. The summed E-state index contributed by atoms with van der Waals surface area (Å²) in [7, 11) is 0. The molecule has 0 bridgehead atoms. The zero-order valence-electron chi connectivity index (χ0n) is 23.0. The van der Waals surface area contributed by atoms with Crippen molar-refractivity contribution in [1.29, 1.82) is 0 Å². The third-order valence-corrected chi connectivity index (χ3v) is 7.32. The highest BCUT2D eigenvalue weighted by atomic mass is 32.2. The molecule has 0 spiro atoms. The largest absolute Gasteiger partial charge is 0.483 e. The number of hydrogen-bond donors (Lipinski definition) is 1. The molecular weight excluding hydrogens is 544 g/mol. The van der Waals surface area contributed by atoms with Crippen molar-refractivity contribution >= 4 is 52.0 Å². The van der Waals surface area contributed by atoms with Gasteiger partial charge >= 0.3 is 0 Å². The van der Waals surface area contributed by atoms with Crippen molar-refractivity contribution in [3.63, 3.8) is 0 Å². The highest BCUT2D eigenvalue weighted by Crippen LogP contribution is 2.36. The lowest BCUT2D eigenvalue weighted by atomic mass is 10.1. The molecule has 0 aromatic heterocycles. The van der Waals surface area contributed by atoms with Gasteiger partial charge in [-0.05, 0) is 62.4 Å². The highest BCUT2D eigenvalue weighted by Gasteiger charge is 2.35. The lowest BCUT2D eigenvalue weighted by molar-refractivity contribution is -0.384. The number of ether oxygens (including phenoxy) is 1. The number of anilines is 2. The summed E-state index contributed by atoms with van der Waals surface area (Å²) in [6.07, 6.45) is 1.60. The van der Waals surface area contributed by atoms with E-state index in [4.69, 9.17) is 4.74 Å². The molecule has 3 aromatic carbocycles. The fourth-order valence-corrected chi connectivity index (χ4v) is 5.19. The summed E-state index contributed by atoms with van der Waals surface area (Å²) in [5.41, 5.74) is 3.42. The van der Waals surface area contributed by atoms with Gasteiger partial charge in [0.15, 0.2) is 6.61 Å². The molecule has 11 heteroatoms. The van der Waals surface area contributed by atoms with Crippen molar-refractivity contribution in [3.05, 3.63) is 98.4 Å². The predicted molar refractivity (Wildman–Crippen MR) is 160 cm³/mol. The van der Waals surface area contributed by atoms with Crippen molar-refractivity contribution < 1.29 is 24.0 Å². The summed E-state index contributed by atoms with van der Waals surface area (Å²) in [5.74, 6) is -0.555. The van der Waals surface area contributed by atoms with Gasteiger partial charge in [-0.25, -0.2) is 0 Å². The zero-order valence-corrected chi connectivity index (χ0v) is 23.8. The van der Waals surface area contributed by atoms with Crippen LogP contribution >= 0.6 is 11.8 Å². The number of amides is 3. The molecule has 1 saturated heterocycles. The van der Waals surface area contributed by atoms with Gasteiger partial charge in [-0.3, -0.25) is 29.4 Å². The maximum absolute atomic E-state index is 13.2. The first-order chi connectivity index (χ1) is 19.7. The minimum atomic E-state index is -0.542. The van der Waals surface area contributed by atoms with Crippen LogP contribution in [0.25, 0.3) is 6.08 Å². The maximum atomic E-state index is 13.2. The van der Waals surface area contributed by atoms with E-state index < -0.39 is 16.7 Å². The van der Waals surface area contributed by atoms with Gasteiger partial charge in [-0.2, -0.15) is 0 Å². The van der Waals surface area contributed by atoms with Crippen LogP contribution in [-0.4, -0.2) is 46.6 Å². The highest BCUT2D eigenvalue weighted by molar-refractivity contribution is 8.18. The molecule has 3 aromatic rings. The standard InChI is InChI=1S/C30H30N4O6S/c1-4-32(5-2)24-13-12-22(15-27-29(36)33(30(37)41-27)18-21-9-6-8-20(3)14-21)26(17-24)40-19-28(35)31-23-10-7-11-25(16-23)34(38)39/h6-17H,4-5,18-19H2,1-3H3,(H,31,35)/b27-15-. The van der Waals surface area contributed by atoms with Crippen LogP contribution in [0, 0.1) is 17.0 Å². The molecule has 10 nitrogen and oxygen atoms in total. The normalized spacial score (nSPS) is 13.9. The van der Waals surface area contributed by atoms with E-state index in [9.17, 15) is 24.5 Å². The number of carbonyl (C=O) groups is 3. The molecule has 1 N–H and O–H groups in total. The second kappa shape index (κ2) is 13.1. The first-order valence-electron chi connectivity index (χ1n) is 13.1. The summed E-state index contributed by atoms with van der Waals surface area (Å²) in [6.45, 7) is 7.29. The molecular formula is C30H30N4O6S. The number of nitro benzene ring substituents is 1. The minimum Gasteiger partial charge on any atom is -0.483 e. The average molecular weight is 575 g/mol. The number of benzene rings is 3. The number of thioether (sulfide) groups is 1. The smallest absolute Gasteiger partial charge is 0.293 e. The van der Waals surface area contributed by atoms with E-state index >= 15 is 0 Å². The van der Waals surface area contributed by atoms with Crippen LogP contribution in [0.2, 0.25) is 0 Å². The molecule has 0 unspecified atom stereocenters. The van der Waals surface area contributed by atoms with Gasteiger partial charge < -0.3 is 15.0 Å². The number of nitrogens with zero attached hydrogens (tertiary/aromatic N) is 3. The molecule has 1 heterocycles. The van der Waals surface area contributed by atoms with E-state index in [1.54, 1.807) is 24.3 Å². The van der Waals surface area contributed by atoms with Crippen LogP contribution in [0.5, 0.6) is 5.75 Å². The van der Waals surface area contributed by atoms with E-state index in [0.717, 1.165) is 41.7 Å². The molecule has 3 amide bonds. The molecule has 41 heavy (non-hydrogen) atoms. The number of imide groups is 1.